The summed E-state index contributed by atoms with van der Waals surface area (Å²) in [5, 5.41) is 2.93. The summed E-state index contributed by atoms with van der Waals surface area (Å²) in [5.41, 5.74) is 0.498. The van der Waals surface area contributed by atoms with E-state index in [2.05, 4.69) is 5.32 Å². The lowest BCUT2D eigenvalue weighted by Gasteiger charge is -2.14. The molecule has 21 heavy (non-hydrogen) atoms. The lowest BCUT2D eigenvalue weighted by atomic mass is 10.1. The Balaban J connectivity index is 2.05. The highest BCUT2D eigenvalue weighted by Crippen LogP contribution is 2.22. The van der Waals surface area contributed by atoms with Crippen LogP contribution in [0.1, 0.15) is 23.0 Å². The molecule has 1 unspecified atom stereocenters. The van der Waals surface area contributed by atoms with Gasteiger partial charge in [0.2, 0.25) is 0 Å². The quantitative estimate of drug-likeness (QED) is 0.888. The normalized spacial score (nSPS) is 11.8. The number of carbonyl (C=O) groups is 1. The Morgan fingerprint density at radius 1 is 1.24 bits per heavy atom. The van der Waals surface area contributed by atoms with Gasteiger partial charge in [0.25, 0.3) is 5.91 Å². The van der Waals surface area contributed by atoms with Crippen LogP contribution in [0.5, 0.6) is 11.5 Å². The van der Waals surface area contributed by atoms with Crippen molar-refractivity contribution in [2.45, 2.75) is 19.4 Å². The topological polar surface area (TPSA) is 60.7 Å². The van der Waals surface area contributed by atoms with Crippen molar-refractivity contribution in [2.75, 3.05) is 14.2 Å². The molecule has 0 aliphatic heterocycles. The molecule has 0 saturated heterocycles. The summed E-state index contributed by atoms with van der Waals surface area (Å²) in [4.78, 5) is 12.3. The maximum absolute atomic E-state index is 12.3. The van der Waals surface area contributed by atoms with Gasteiger partial charge in [-0.2, -0.15) is 0 Å². The van der Waals surface area contributed by atoms with Crippen molar-refractivity contribution in [1.82, 2.24) is 5.32 Å². The molecule has 0 aliphatic carbocycles. The Kier molecular flexibility index (Phi) is 4.87. The largest absolute Gasteiger partial charge is 0.497 e. The summed E-state index contributed by atoms with van der Waals surface area (Å²) >= 11 is 0. The van der Waals surface area contributed by atoms with Crippen molar-refractivity contribution in [1.29, 1.82) is 0 Å². The molecule has 1 aromatic carbocycles. The number of nitrogens with one attached hydrogen (secondary N) is 1. The molecule has 2 rings (SSSR count). The molecule has 5 heteroatoms. The number of ether oxygens (including phenoxy) is 2. The fourth-order valence-corrected chi connectivity index (χ4v) is 2.03. The van der Waals surface area contributed by atoms with Crippen molar-refractivity contribution < 1.29 is 18.7 Å². The molecule has 0 fully saturated rings. The third kappa shape index (κ3) is 4.02. The maximum Gasteiger partial charge on any atom is 0.251 e. The second kappa shape index (κ2) is 6.83. The molecular formula is C16H19NO4. The van der Waals surface area contributed by atoms with Crippen LogP contribution >= 0.6 is 0 Å². The van der Waals surface area contributed by atoms with Crippen molar-refractivity contribution in [3.63, 3.8) is 0 Å². The number of amides is 1. The van der Waals surface area contributed by atoms with Crippen LogP contribution in [0.15, 0.2) is 41.0 Å². The number of rotatable bonds is 6. The average molecular weight is 289 g/mol. The zero-order valence-corrected chi connectivity index (χ0v) is 12.4. The van der Waals surface area contributed by atoms with Gasteiger partial charge in [-0.3, -0.25) is 4.79 Å². The molecule has 0 saturated carbocycles. The second-order valence-corrected chi connectivity index (χ2v) is 4.76. The molecule has 1 atom stereocenters. The zero-order valence-electron chi connectivity index (χ0n) is 12.4. The second-order valence-electron chi connectivity index (χ2n) is 4.76. The molecule has 5 nitrogen and oxygen atoms in total. The van der Waals surface area contributed by atoms with Gasteiger partial charge in [-0.15, -0.1) is 0 Å². The first-order valence-corrected chi connectivity index (χ1v) is 6.68. The molecule has 0 spiro atoms. The van der Waals surface area contributed by atoms with Crippen LogP contribution < -0.4 is 14.8 Å². The lowest BCUT2D eigenvalue weighted by molar-refractivity contribution is 0.0938. The van der Waals surface area contributed by atoms with Crippen LogP contribution in [0.2, 0.25) is 0 Å². The third-order valence-electron chi connectivity index (χ3n) is 3.08. The smallest absolute Gasteiger partial charge is 0.251 e. The molecular weight excluding hydrogens is 270 g/mol. The zero-order chi connectivity index (χ0) is 15.2. The van der Waals surface area contributed by atoms with E-state index in [0.29, 0.717) is 23.5 Å². The Morgan fingerprint density at radius 2 is 1.90 bits per heavy atom. The predicted octanol–water partition coefficient (Wildman–Crippen LogP) is 2.66. The van der Waals surface area contributed by atoms with Gasteiger partial charge in [-0.1, -0.05) is 0 Å². The minimum atomic E-state index is -0.175. The van der Waals surface area contributed by atoms with Crippen molar-refractivity contribution in [3.8, 4) is 11.5 Å². The third-order valence-corrected chi connectivity index (χ3v) is 3.08. The first-order valence-electron chi connectivity index (χ1n) is 6.68. The fraction of sp³-hybridized carbons (Fsp3) is 0.312. The molecule has 1 aromatic heterocycles. The molecule has 1 N–H and O–H groups in total. The Bertz CT molecular complexity index is 570. The monoisotopic (exact) mass is 289 g/mol. The van der Waals surface area contributed by atoms with Gasteiger partial charge >= 0.3 is 0 Å². The lowest BCUT2D eigenvalue weighted by Crippen LogP contribution is -2.34. The van der Waals surface area contributed by atoms with E-state index >= 15 is 0 Å². The minimum Gasteiger partial charge on any atom is -0.497 e. The van der Waals surface area contributed by atoms with Crippen LogP contribution in [0, 0.1) is 0 Å². The number of methoxy groups -OCH3 is 2. The predicted molar refractivity (Wildman–Crippen MR) is 78.9 cm³/mol. The van der Waals surface area contributed by atoms with E-state index < -0.39 is 0 Å². The standard InChI is InChI=1S/C16H19NO4/c1-11(7-13-5-4-6-21-13)17-16(18)12-8-14(19-2)10-15(9-12)20-3/h4-6,8-11H,7H2,1-3H3,(H,17,18). The van der Waals surface area contributed by atoms with Crippen LogP contribution in [0.25, 0.3) is 0 Å². The summed E-state index contributed by atoms with van der Waals surface area (Å²) in [6, 6.07) is 8.76. The van der Waals surface area contributed by atoms with E-state index in [9.17, 15) is 4.79 Å². The molecule has 2 aromatic rings. The number of hydrogen-bond donors (Lipinski definition) is 1. The number of furan rings is 1. The van der Waals surface area contributed by atoms with Gasteiger partial charge in [0, 0.05) is 24.1 Å². The van der Waals surface area contributed by atoms with Crippen molar-refractivity contribution >= 4 is 5.91 Å². The molecule has 1 heterocycles. The van der Waals surface area contributed by atoms with Crippen molar-refractivity contribution in [2.24, 2.45) is 0 Å². The van der Waals surface area contributed by atoms with E-state index in [1.54, 1.807) is 38.7 Å². The van der Waals surface area contributed by atoms with Crippen LogP contribution in [-0.2, 0) is 6.42 Å². The number of carbonyl (C=O) groups excluding carboxylic acids is 1. The van der Waals surface area contributed by atoms with E-state index in [1.807, 2.05) is 19.1 Å². The van der Waals surface area contributed by atoms with E-state index in [4.69, 9.17) is 13.9 Å². The Hall–Kier alpha value is -2.43. The molecule has 1 amide bonds. The summed E-state index contributed by atoms with van der Waals surface area (Å²) in [7, 11) is 3.10. The number of hydrogen-bond acceptors (Lipinski definition) is 4. The van der Waals surface area contributed by atoms with Gasteiger partial charge in [0.15, 0.2) is 0 Å². The van der Waals surface area contributed by atoms with Gasteiger partial charge in [0.1, 0.15) is 17.3 Å². The maximum atomic E-state index is 12.3. The first-order chi connectivity index (χ1) is 10.1. The highest BCUT2D eigenvalue weighted by Gasteiger charge is 2.13. The highest BCUT2D eigenvalue weighted by molar-refractivity contribution is 5.95. The van der Waals surface area contributed by atoms with Gasteiger partial charge in [-0.25, -0.2) is 0 Å². The molecule has 0 aliphatic rings. The first kappa shape index (κ1) is 15.0. The van der Waals surface area contributed by atoms with E-state index in [1.165, 1.54) is 0 Å². The molecule has 0 bridgehead atoms. The van der Waals surface area contributed by atoms with Crippen LogP contribution in [0.4, 0.5) is 0 Å². The van der Waals surface area contributed by atoms with Crippen LogP contribution in [-0.4, -0.2) is 26.2 Å². The van der Waals surface area contributed by atoms with Crippen molar-refractivity contribution in [3.05, 3.63) is 47.9 Å². The SMILES string of the molecule is COc1cc(OC)cc(C(=O)NC(C)Cc2ccco2)c1. The summed E-state index contributed by atoms with van der Waals surface area (Å²) in [6.07, 6.45) is 2.26. The van der Waals surface area contributed by atoms with Gasteiger partial charge in [-0.05, 0) is 31.2 Å². The summed E-state index contributed by atoms with van der Waals surface area (Å²) in [6.45, 7) is 1.93. The minimum absolute atomic E-state index is 0.0409. The average Bonchev–Trinajstić information content (AvgIpc) is 2.99. The summed E-state index contributed by atoms with van der Waals surface area (Å²) in [5.74, 6) is 1.83. The Morgan fingerprint density at radius 3 is 2.43 bits per heavy atom. The Labute approximate surface area is 123 Å². The molecule has 112 valence electrons. The molecule has 0 radical (unpaired) electrons. The van der Waals surface area contributed by atoms with Gasteiger partial charge < -0.3 is 19.2 Å². The van der Waals surface area contributed by atoms with E-state index in [-0.39, 0.29) is 11.9 Å². The number of benzene rings is 1. The summed E-state index contributed by atoms with van der Waals surface area (Å²) < 4.78 is 15.6. The van der Waals surface area contributed by atoms with E-state index in [0.717, 1.165) is 5.76 Å². The highest BCUT2D eigenvalue weighted by atomic mass is 16.5. The fourth-order valence-electron chi connectivity index (χ4n) is 2.03. The van der Waals surface area contributed by atoms with Gasteiger partial charge in [0.05, 0.1) is 20.5 Å². The van der Waals surface area contributed by atoms with Crippen LogP contribution in [0.3, 0.4) is 0 Å².